The van der Waals surface area contributed by atoms with Crippen LogP contribution in [0.4, 0.5) is 0 Å². The van der Waals surface area contributed by atoms with Gasteiger partial charge in [0.05, 0.1) is 6.33 Å². The van der Waals surface area contributed by atoms with Gasteiger partial charge in [0.1, 0.15) is 11.6 Å². The van der Waals surface area contributed by atoms with Crippen LogP contribution in [0, 0.1) is 0 Å². The van der Waals surface area contributed by atoms with Gasteiger partial charge in [-0.15, -0.1) is 0 Å². The third kappa shape index (κ3) is 2.26. The van der Waals surface area contributed by atoms with Crippen LogP contribution in [0.15, 0.2) is 12.5 Å². The maximum absolute atomic E-state index is 12.0. The molecule has 0 saturated carbocycles. The number of imidazole rings is 1. The van der Waals surface area contributed by atoms with Gasteiger partial charge in [-0.2, -0.15) is 0 Å². The van der Waals surface area contributed by atoms with E-state index in [-0.39, 0.29) is 12.0 Å². The van der Waals surface area contributed by atoms with Crippen LogP contribution in [0.25, 0.3) is 0 Å². The van der Waals surface area contributed by atoms with E-state index in [1.807, 2.05) is 31.5 Å². The topological polar surface area (TPSA) is 44.1 Å². The smallest absolute Gasteiger partial charge is 0.329 e. The fraction of sp³-hybridized carbons (Fsp3) is 0.667. The van der Waals surface area contributed by atoms with E-state index in [0.717, 1.165) is 25.0 Å². The number of hydrogen-bond acceptors (Lipinski definition) is 3. The number of carbonyl (C=O) groups is 1. The minimum atomic E-state index is -0.421. The van der Waals surface area contributed by atoms with Crippen molar-refractivity contribution in [2.75, 3.05) is 0 Å². The summed E-state index contributed by atoms with van der Waals surface area (Å²) in [5.74, 6) is -0.147. The monoisotopic (exact) mass is 222 g/mol. The van der Waals surface area contributed by atoms with Crippen LogP contribution >= 0.6 is 0 Å². The third-order valence-electron chi connectivity index (χ3n) is 2.67. The van der Waals surface area contributed by atoms with Crippen molar-refractivity contribution in [3.05, 3.63) is 18.2 Å². The van der Waals surface area contributed by atoms with Gasteiger partial charge in [0.15, 0.2) is 0 Å². The Balaban J connectivity index is 2.15. The molecule has 0 saturated heterocycles. The van der Waals surface area contributed by atoms with Crippen LogP contribution in [0.1, 0.15) is 45.3 Å². The van der Waals surface area contributed by atoms with E-state index >= 15 is 0 Å². The third-order valence-corrected chi connectivity index (χ3v) is 2.67. The van der Waals surface area contributed by atoms with Crippen LogP contribution < -0.4 is 0 Å². The summed E-state index contributed by atoms with van der Waals surface area (Å²) in [4.78, 5) is 16.1. The normalized spacial score (nSPS) is 20.3. The maximum atomic E-state index is 12.0. The van der Waals surface area contributed by atoms with Crippen LogP contribution in [0.2, 0.25) is 0 Å². The number of nitrogens with zero attached hydrogens (tertiary/aromatic N) is 2. The van der Waals surface area contributed by atoms with Crippen molar-refractivity contribution in [3.8, 4) is 0 Å². The summed E-state index contributed by atoms with van der Waals surface area (Å²) in [7, 11) is 0. The standard InChI is InChI=1S/C12H18N2O2/c1-12(2,3)16-11(15)10-6-4-5-9-7-13-8-14(9)10/h7-8,10H,4-6H2,1-3H3/t10-/m1/s1. The van der Waals surface area contributed by atoms with E-state index in [2.05, 4.69) is 4.98 Å². The predicted molar refractivity (Wildman–Crippen MR) is 60.0 cm³/mol. The van der Waals surface area contributed by atoms with E-state index < -0.39 is 5.60 Å². The average molecular weight is 222 g/mol. The second kappa shape index (κ2) is 3.92. The van der Waals surface area contributed by atoms with Gasteiger partial charge >= 0.3 is 5.97 Å². The number of carbonyl (C=O) groups excluding carboxylic acids is 1. The van der Waals surface area contributed by atoms with Gasteiger partial charge in [-0.1, -0.05) is 0 Å². The van der Waals surface area contributed by atoms with E-state index in [1.54, 1.807) is 6.33 Å². The molecule has 1 aliphatic rings. The van der Waals surface area contributed by atoms with Crippen molar-refractivity contribution in [1.82, 2.24) is 9.55 Å². The van der Waals surface area contributed by atoms with Crippen LogP contribution in [-0.4, -0.2) is 21.1 Å². The van der Waals surface area contributed by atoms with Crippen molar-refractivity contribution in [1.29, 1.82) is 0 Å². The second-order valence-corrected chi connectivity index (χ2v) is 5.23. The Morgan fingerprint density at radius 2 is 2.31 bits per heavy atom. The fourth-order valence-electron chi connectivity index (χ4n) is 2.02. The molecule has 1 aromatic heterocycles. The minimum Gasteiger partial charge on any atom is -0.458 e. The first-order valence-corrected chi connectivity index (χ1v) is 5.71. The number of esters is 1. The molecule has 4 heteroatoms. The van der Waals surface area contributed by atoms with Crippen molar-refractivity contribution in [2.45, 2.75) is 51.7 Å². The molecular weight excluding hydrogens is 204 g/mol. The molecule has 16 heavy (non-hydrogen) atoms. The molecule has 0 unspecified atom stereocenters. The lowest BCUT2D eigenvalue weighted by Gasteiger charge is -2.27. The van der Waals surface area contributed by atoms with Crippen LogP contribution in [0.3, 0.4) is 0 Å². The molecule has 1 aromatic rings. The summed E-state index contributed by atoms with van der Waals surface area (Å²) < 4.78 is 7.36. The molecule has 2 heterocycles. The van der Waals surface area contributed by atoms with Crippen LogP contribution in [0.5, 0.6) is 0 Å². The molecule has 0 aromatic carbocycles. The first-order valence-electron chi connectivity index (χ1n) is 5.71. The molecule has 2 rings (SSSR count). The highest BCUT2D eigenvalue weighted by Crippen LogP contribution is 2.26. The fourth-order valence-corrected chi connectivity index (χ4v) is 2.02. The maximum Gasteiger partial charge on any atom is 0.329 e. The van der Waals surface area contributed by atoms with Crippen molar-refractivity contribution in [2.24, 2.45) is 0 Å². The number of aromatic nitrogens is 2. The molecule has 4 nitrogen and oxygen atoms in total. The van der Waals surface area contributed by atoms with Gasteiger partial charge in [-0.25, -0.2) is 9.78 Å². The highest BCUT2D eigenvalue weighted by molar-refractivity contribution is 5.75. The van der Waals surface area contributed by atoms with Gasteiger partial charge in [-0.05, 0) is 40.0 Å². The summed E-state index contributed by atoms with van der Waals surface area (Å²) >= 11 is 0. The largest absolute Gasteiger partial charge is 0.458 e. The Morgan fingerprint density at radius 1 is 1.56 bits per heavy atom. The number of hydrogen-bond donors (Lipinski definition) is 0. The first kappa shape index (κ1) is 11.2. The van der Waals surface area contributed by atoms with Gasteiger partial charge in [0.2, 0.25) is 0 Å². The molecule has 0 aliphatic carbocycles. The summed E-state index contributed by atoms with van der Waals surface area (Å²) in [6.07, 6.45) is 6.42. The zero-order valence-corrected chi connectivity index (χ0v) is 10.1. The number of aryl methyl sites for hydroxylation is 1. The number of rotatable bonds is 1. The van der Waals surface area contributed by atoms with Gasteiger partial charge in [0, 0.05) is 11.9 Å². The summed E-state index contributed by atoms with van der Waals surface area (Å²) in [6, 6.07) is -0.189. The molecule has 88 valence electrons. The molecule has 1 aliphatic heterocycles. The van der Waals surface area contributed by atoms with Gasteiger partial charge < -0.3 is 9.30 Å². The van der Waals surface area contributed by atoms with E-state index in [4.69, 9.17) is 4.74 Å². The summed E-state index contributed by atoms with van der Waals surface area (Å²) in [5.41, 5.74) is 0.706. The first-order chi connectivity index (χ1) is 7.47. The van der Waals surface area contributed by atoms with Crippen molar-refractivity contribution < 1.29 is 9.53 Å². The molecule has 0 N–H and O–H groups in total. The SMILES string of the molecule is CC(C)(C)OC(=O)[C@H]1CCCc2cncn21. The molecular formula is C12H18N2O2. The van der Waals surface area contributed by atoms with E-state index in [1.165, 1.54) is 0 Å². The highest BCUT2D eigenvalue weighted by atomic mass is 16.6. The zero-order valence-electron chi connectivity index (χ0n) is 10.1. The Kier molecular flexibility index (Phi) is 2.74. The summed E-state index contributed by atoms with van der Waals surface area (Å²) in [6.45, 7) is 5.67. The lowest BCUT2D eigenvalue weighted by molar-refractivity contribution is -0.159. The quantitative estimate of drug-likeness (QED) is 0.683. The second-order valence-electron chi connectivity index (χ2n) is 5.23. The minimum absolute atomic E-state index is 0.147. The Morgan fingerprint density at radius 3 is 3.00 bits per heavy atom. The molecule has 1 atom stereocenters. The molecule has 0 radical (unpaired) electrons. The Bertz CT molecular complexity index is 390. The molecule has 0 amide bonds. The van der Waals surface area contributed by atoms with E-state index in [0.29, 0.717) is 0 Å². The lowest BCUT2D eigenvalue weighted by atomic mass is 10.0. The molecule has 0 fully saturated rings. The van der Waals surface area contributed by atoms with Gasteiger partial charge in [-0.3, -0.25) is 0 Å². The highest BCUT2D eigenvalue weighted by Gasteiger charge is 2.29. The summed E-state index contributed by atoms with van der Waals surface area (Å²) in [5, 5.41) is 0. The number of fused-ring (bicyclic) bond motifs is 1. The average Bonchev–Trinajstić information content (AvgIpc) is 2.61. The van der Waals surface area contributed by atoms with E-state index in [9.17, 15) is 4.79 Å². The molecule has 0 bridgehead atoms. The van der Waals surface area contributed by atoms with Crippen LogP contribution in [-0.2, 0) is 16.0 Å². The van der Waals surface area contributed by atoms with Crippen molar-refractivity contribution in [3.63, 3.8) is 0 Å². The lowest BCUT2D eigenvalue weighted by Crippen LogP contribution is -2.32. The predicted octanol–water partition coefficient (Wildman–Crippen LogP) is 2.10. The Labute approximate surface area is 95.6 Å². The zero-order chi connectivity index (χ0) is 11.8. The van der Waals surface area contributed by atoms with Crippen molar-refractivity contribution >= 4 is 5.97 Å². The number of ether oxygens (including phenoxy) is 1. The Hall–Kier alpha value is -1.32. The van der Waals surface area contributed by atoms with Gasteiger partial charge in [0.25, 0.3) is 0 Å². The molecule has 0 spiro atoms.